The number of nitrogens with two attached hydrogens (primary N) is 1. The molecule has 1 heterocycles. The van der Waals surface area contributed by atoms with Gasteiger partial charge in [0.15, 0.2) is 0 Å². The van der Waals surface area contributed by atoms with E-state index in [0.717, 1.165) is 18.7 Å². The van der Waals surface area contributed by atoms with Gasteiger partial charge in [0, 0.05) is 18.7 Å². The van der Waals surface area contributed by atoms with Crippen LogP contribution >= 0.6 is 0 Å². The van der Waals surface area contributed by atoms with E-state index in [1.54, 1.807) is 12.5 Å². The lowest BCUT2D eigenvalue weighted by molar-refractivity contribution is 0.262. The van der Waals surface area contributed by atoms with Gasteiger partial charge < -0.3 is 15.4 Å². The zero-order valence-electron chi connectivity index (χ0n) is 10.2. The van der Waals surface area contributed by atoms with Crippen molar-refractivity contribution in [3.8, 4) is 0 Å². The number of fused-ring (bicyclic) bond motifs is 1. The third kappa shape index (κ3) is 1.83. The summed E-state index contributed by atoms with van der Waals surface area (Å²) in [6.07, 6.45) is 4.65. The van der Waals surface area contributed by atoms with Crippen molar-refractivity contribution < 1.29 is 5.11 Å². The normalized spacial score (nSPS) is 19.1. The molecule has 0 aliphatic heterocycles. The van der Waals surface area contributed by atoms with Crippen LogP contribution in [0.3, 0.4) is 0 Å². The van der Waals surface area contributed by atoms with Crippen LogP contribution in [-0.4, -0.2) is 21.3 Å². The van der Waals surface area contributed by atoms with Crippen LogP contribution in [0.4, 0.5) is 0 Å². The Morgan fingerprint density at radius 1 is 1.44 bits per heavy atom. The minimum atomic E-state index is -0.345. The third-order valence-electron chi connectivity index (χ3n) is 3.70. The molecule has 94 valence electrons. The van der Waals surface area contributed by atoms with Crippen LogP contribution in [-0.2, 0) is 13.0 Å². The van der Waals surface area contributed by atoms with Crippen molar-refractivity contribution in [3.63, 3.8) is 0 Å². The molecule has 0 bridgehead atoms. The number of imidazole rings is 1. The fourth-order valence-electron chi connectivity index (χ4n) is 2.65. The molecule has 2 unspecified atom stereocenters. The zero-order valence-corrected chi connectivity index (χ0v) is 10.2. The van der Waals surface area contributed by atoms with Gasteiger partial charge in [-0.1, -0.05) is 24.3 Å². The highest BCUT2D eigenvalue weighted by Gasteiger charge is 2.26. The predicted octanol–water partition coefficient (Wildman–Crippen LogP) is 1.22. The fourth-order valence-corrected chi connectivity index (χ4v) is 2.65. The summed E-state index contributed by atoms with van der Waals surface area (Å²) < 4.78 is 2.06. The smallest absolute Gasteiger partial charge is 0.0948 e. The number of benzene rings is 1. The predicted molar refractivity (Wildman–Crippen MR) is 69.1 cm³/mol. The summed E-state index contributed by atoms with van der Waals surface area (Å²) in [6, 6.07) is 8.19. The van der Waals surface area contributed by atoms with Crippen molar-refractivity contribution in [2.45, 2.75) is 24.9 Å². The SMILES string of the molecule is NC(CO)c1cncn1CC1Cc2ccccc21. The Balaban J connectivity index is 1.78. The molecule has 1 aliphatic carbocycles. The molecule has 0 spiro atoms. The Labute approximate surface area is 106 Å². The average Bonchev–Trinajstić information content (AvgIpc) is 2.83. The lowest BCUT2D eigenvalue weighted by Crippen LogP contribution is -2.25. The minimum Gasteiger partial charge on any atom is -0.394 e. The molecule has 1 aromatic heterocycles. The first-order valence-corrected chi connectivity index (χ1v) is 6.24. The van der Waals surface area contributed by atoms with Crippen LogP contribution in [0.25, 0.3) is 0 Å². The summed E-state index contributed by atoms with van der Waals surface area (Å²) in [5, 5.41) is 9.13. The zero-order chi connectivity index (χ0) is 12.5. The number of hydrogen-bond acceptors (Lipinski definition) is 3. The van der Waals surface area contributed by atoms with E-state index in [1.807, 2.05) is 0 Å². The van der Waals surface area contributed by atoms with Gasteiger partial charge in [0.05, 0.1) is 24.7 Å². The number of aromatic nitrogens is 2. The lowest BCUT2D eigenvalue weighted by atomic mass is 9.77. The van der Waals surface area contributed by atoms with Crippen LogP contribution in [0.5, 0.6) is 0 Å². The van der Waals surface area contributed by atoms with Crippen LogP contribution in [0, 0.1) is 0 Å². The number of aliphatic hydroxyl groups is 1. The van der Waals surface area contributed by atoms with Crippen molar-refractivity contribution in [1.82, 2.24) is 9.55 Å². The molecular formula is C14H17N3O. The first kappa shape index (κ1) is 11.4. The van der Waals surface area contributed by atoms with Gasteiger partial charge in [-0.2, -0.15) is 0 Å². The second-order valence-electron chi connectivity index (χ2n) is 4.86. The van der Waals surface area contributed by atoms with Crippen LogP contribution in [0.2, 0.25) is 0 Å². The van der Waals surface area contributed by atoms with E-state index >= 15 is 0 Å². The molecule has 0 fully saturated rings. The van der Waals surface area contributed by atoms with Crippen molar-refractivity contribution >= 4 is 0 Å². The Bertz CT molecular complexity index is 549. The van der Waals surface area contributed by atoms with Gasteiger partial charge in [0.25, 0.3) is 0 Å². The Hall–Kier alpha value is -1.65. The maximum atomic E-state index is 9.13. The van der Waals surface area contributed by atoms with E-state index in [4.69, 9.17) is 10.8 Å². The summed E-state index contributed by atoms with van der Waals surface area (Å²) in [5.74, 6) is 0.542. The molecular weight excluding hydrogens is 226 g/mol. The molecule has 1 aliphatic rings. The highest BCUT2D eigenvalue weighted by atomic mass is 16.3. The monoisotopic (exact) mass is 243 g/mol. The fraction of sp³-hybridized carbons (Fsp3) is 0.357. The van der Waals surface area contributed by atoms with Gasteiger partial charge in [-0.15, -0.1) is 0 Å². The third-order valence-corrected chi connectivity index (χ3v) is 3.70. The molecule has 1 aromatic carbocycles. The van der Waals surface area contributed by atoms with E-state index in [1.165, 1.54) is 11.1 Å². The van der Waals surface area contributed by atoms with E-state index in [2.05, 4.69) is 33.8 Å². The summed E-state index contributed by atoms with van der Waals surface area (Å²) in [6.45, 7) is 0.840. The molecule has 4 heteroatoms. The highest BCUT2D eigenvalue weighted by molar-refractivity contribution is 5.39. The molecule has 0 radical (unpaired) electrons. The number of aliphatic hydroxyl groups excluding tert-OH is 1. The van der Waals surface area contributed by atoms with Gasteiger partial charge in [0.2, 0.25) is 0 Å². The second kappa shape index (κ2) is 4.55. The molecule has 0 saturated heterocycles. The topological polar surface area (TPSA) is 64.1 Å². The highest BCUT2D eigenvalue weighted by Crippen LogP contribution is 2.36. The summed E-state index contributed by atoms with van der Waals surface area (Å²) >= 11 is 0. The van der Waals surface area contributed by atoms with Gasteiger partial charge in [0.1, 0.15) is 0 Å². The largest absolute Gasteiger partial charge is 0.394 e. The van der Waals surface area contributed by atoms with Crippen LogP contribution in [0.1, 0.15) is 28.8 Å². The van der Waals surface area contributed by atoms with Gasteiger partial charge in [-0.25, -0.2) is 4.98 Å². The molecule has 4 nitrogen and oxygen atoms in total. The molecule has 0 saturated carbocycles. The maximum absolute atomic E-state index is 9.13. The lowest BCUT2D eigenvalue weighted by Gasteiger charge is -2.31. The molecule has 3 rings (SSSR count). The average molecular weight is 243 g/mol. The van der Waals surface area contributed by atoms with Gasteiger partial charge in [-0.05, 0) is 17.5 Å². The standard InChI is InChI=1S/C14H17N3O/c15-13(8-18)14-6-16-9-17(14)7-11-5-10-3-1-2-4-12(10)11/h1-4,6,9,11,13,18H,5,7-8,15H2. The first-order valence-electron chi connectivity index (χ1n) is 6.24. The molecule has 2 atom stereocenters. The van der Waals surface area contributed by atoms with Gasteiger partial charge in [-0.3, -0.25) is 0 Å². The summed E-state index contributed by atoms with van der Waals surface area (Å²) in [4.78, 5) is 4.13. The Morgan fingerprint density at radius 3 is 3.06 bits per heavy atom. The maximum Gasteiger partial charge on any atom is 0.0948 e. The molecule has 18 heavy (non-hydrogen) atoms. The number of hydrogen-bond donors (Lipinski definition) is 2. The first-order chi connectivity index (χ1) is 8.79. The van der Waals surface area contributed by atoms with Crippen molar-refractivity contribution in [1.29, 1.82) is 0 Å². The number of nitrogens with zero attached hydrogens (tertiary/aromatic N) is 2. The summed E-state index contributed by atoms with van der Waals surface area (Å²) in [5.41, 5.74) is 9.63. The van der Waals surface area contributed by atoms with E-state index < -0.39 is 0 Å². The van der Waals surface area contributed by atoms with Crippen LogP contribution in [0.15, 0.2) is 36.8 Å². The van der Waals surface area contributed by atoms with Crippen LogP contribution < -0.4 is 5.73 Å². The van der Waals surface area contributed by atoms with E-state index in [0.29, 0.717) is 5.92 Å². The van der Waals surface area contributed by atoms with Gasteiger partial charge >= 0.3 is 0 Å². The van der Waals surface area contributed by atoms with Crippen molar-refractivity contribution in [2.75, 3.05) is 6.61 Å². The van der Waals surface area contributed by atoms with E-state index in [9.17, 15) is 0 Å². The van der Waals surface area contributed by atoms with Crippen molar-refractivity contribution in [2.24, 2.45) is 5.73 Å². The van der Waals surface area contributed by atoms with Crippen molar-refractivity contribution in [3.05, 3.63) is 53.6 Å². The molecule has 2 aromatic rings. The Morgan fingerprint density at radius 2 is 2.28 bits per heavy atom. The van der Waals surface area contributed by atoms with E-state index in [-0.39, 0.29) is 12.6 Å². The molecule has 0 amide bonds. The molecule has 3 N–H and O–H groups in total. The quantitative estimate of drug-likeness (QED) is 0.848. The summed E-state index contributed by atoms with van der Waals surface area (Å²) in [7, 11) is 0. The number of rotatable bonds is 4. The minimum absolute atomic E-state index is 0.0487. The second-order valence-corrected chi connectivity index (χ2v) is 4.86. The Kier molecular flexibility index (Phi) is 2.89.